The summed E-state index contributed by atoms with van der Waals surface area (Å²) >= 11 is 0. The maximum absolute atomic E-state index is 13.5. The molecule has 10 nitrogen and oxygen atoms in total. The number of hydrogen-bond acceptors (Lipinski definition) is 7. The fourth-order valence-corrected chi connectivity index (χ4v) is 4.87. The van der Waals surface area contributed by atoms with Gasteiger partial charge in [-0.05, 0) is 61.9 Å². The number of hydrogen-bond donors (Lipinski definition) is 5. The number of rotatable bonds is 3. The van der Waals surface area contributed by atoms with Crippen LogP contribution in [-0.4, -0.2) is 83.3 Å². The van der Waals surface area contributed by atoms with Gasteiger partial charge in [0.1, 0.15) is 35.5 Å². The van der Waals surface area contributed by atoms with Crippen LogP contribution in [0.4, 0.5) is 4.39 Å². The fourth-order valence-electron chi connectivity index (χ4n) is 4.87. The lowest BCUT2D eigenvalue weighted by Gasteiger charge is -2.31. The number of aliphatic hydroxyl groups is 1. The summed E-state index contributed by atoms with van der Waals surface area (Å²) in [7, 11) is 1.56. The van der Waals surface area contributed by atoms with Crippen LogP contribution in [0.3, 0.4) is 0 Å². The van der Waals surface area contributed by atoms with Crippen molar-refractivity contribution in [2.24, 2.45) is 5.92 Å². The molecule has 41 heavy (non-hydrogen) atoms. The molecule has 3 amide bonds. The molecule has 1 unspecified atom stereocenters. The number of phenolic OH excluding ortho intramolecular Hbond substituents is 1. The summed E-state index contributed by atoms with van der Waals surface area (Å²) in [5.74, 6) is -1.15. The van der Waals surface area contributed by atoms with Gasteiger partial charge in [0, 0.05) is 39.0 Å². The van der Waals surface area contributed by atoms with Crippen LogP contribution in [-0.2, 0) is 27.2 Å². The second-order valence-corrected chi connectivity index (χ2v) is 11.1. The van der Waals surface area contributed by atoms with E-state index in [0.717, 1.165) is 12.8 Å². The van der Waals surface area contributed by atoms with Crippen LogP contribution in [0.25, 0.3) is 0 Å². The monoisotopic (exact) mass is 570 g/mol. The van der Waals surface area contributed by atoms with E-state index < -0.39 is 41.9 Å². The van der Waals surface area contributed by atoms with Crippen LogP contribution in [0.1, 0.15) is 37.8 Å². The third-order valence-corrected chi connectivity index (χ3v) is 7.63. The first kappa shape index (κ1) is 30.3. The van der Waals surface area contributed by atoms with Gasteiger partial charge >= 0.3 is 0 Å². The minimum absolute atomic E-state index is 0.00914. The van der Waals surface area contributed by atoms with Gasteiger partial charge in [-0.2, -0.15) is 0 Å². The maximum Gasteiger partial charge on any atom is 0.243 e. The van der Waals surface area contributed by atoms with Crippen molar-refractivity contribution in [1.29, 1.82) is 0 Å². The summed E-state index contributed by atoms with van der Waals surface area (Å²) in [5, 5.41) is 29.6. The SMILES string of the molecule is C[C@@H]1CN[C@@H](C2CC2)C(=O)N(C)[C@H](C)C(=O)N[C@H](Cc2ccc(F)cc2)C(=O)NCC(O)Cc2ccc(O)cc2O1. The molecular formula is C30H39FN4O6. The zero-order valence-corrected chi connectivity index (χ0v) is 23.6. The highest BCUT2D eigenvalue weighted by Crippen LogP contribution is 2.34. The normalized spacial score (nSPS) is 27.1. The molecule has 11 heteroatoms. The molecule has 0 bridgehead atoms. The van der Waals surface area contributed by atoms with Gasteiger partial charge in [-0.25, -0.2) is 4.39 Å². The van der Waals surface area contributed by atoms with Crippen molar-refractivity contribution in [3.63, 3.8) is 0 Å². The van der Waals surface area contributed by atoms with Crippen LogP contribution in [0.2, 0.25) is 0 Å². The standard InChI is InChI=1S/C30H39FN4O6/c1-17-15-32-27(20-6-7-20)30(40)35(3)18(2)28(38)34-25(12-19-4-9-22(31)10-5-19)29(39)33-16-24(37)13-21-8-11-23(36)14-26(21)41-17/h4-5,8-11,14,17-18,20,24-25,27,32,36-37H,6-7,12-13,15-16H2,1-3H3,(H,33,39)(H,34,38)/t17-,18-,24?,25-,27+/m1/s1. The maximum atomic E-state index is 13.5. The minimum Gasteiger partial charge on any atom is -0.508 e. The fraction of sp³-hybridized carbons (Fsp3) is 0.500. The van der Waals surface area contributed by atoms with E-state index in [4.69, 9.17) is 4.74 Å². The Balaban J connectivity index is 1.61. The Labute approximate surface area is 239 Å². The average Bonchev–Trinajstić information content (AvgIpc) is 3.78. The van der Waals surface area contributed by atoms with Crippen LogP contribution < -0.4 is 20.7 Å². The molecule has 0 radical (unpaired) electrons. The number of ether oxygens (including phenoxy) is 1. The van der Waals surface area contributed by atoms with Crippen molar-refractivity contribution in [1.82, 2.24) is 20.9 Å². The summed E-state index contributed by atoms with van der Waals surface area (Å²) in [6.07, 6.45) is 0.637. The number of aromatic hydroxyl groups is 1. The summed E-state index contributed by atoms with van der Waals surface area (Å²) in [6.45, 7) is 3.67. The number of nitrogens with zero attached hydrogens (tertiary/aromatic N) is 1. The van der Waals surface area contributed by atoms with Gasteiger partial charge in [0.2, 0.25) is 17.7 Å². The number of β-amino-alcohol motifs (C(OH)–C–C–N with tert-alkyl or cyclic N) is 1. The highest BCUT2D eigenvalue weighted by molar-refractivity contribution is 5.93. The van der Waals surface area contributed by atoms with E-state index in [2.05, 4.69) is 16.0 Å². The van der Waals surface area contributed by atoms with Crippen molar-refractivity contribution in [3.8, 4) is 11.5 Å². The predicted molar refractivity (Wildman–Crippen MR) is 150 cm³/mol. The Bertz CT molecular complexity index is 1240. The van der Waals surface area contributed by atoms with Gasteiger partial charge in [0.25, 0.3) is 0 Å². The third kappa shape index (κ3) is 8.17. The molecule has 2 aromatic carbocycles. The zero-order chi connectivity index (χ0) is 29.7. The Kier molecular flexibility index (Phi) is 9.82. The van der Waals surface area contributed by atoms with E-state index in [1.165, 1.54) is 41.3 Å². The van der Waals surface area contributed by atoms with Gasteiger partial charge in [-0.3, -0.25) is 14.4 Å². The topological polar surface area (TPSA) is 140 Å². The second kappa shape index (κ2) is 13.3. The van der Waals surface area contributed by atoms with Crippen LogP contribution in [0.15, 0.2) is 42.5 Å². The van der Waals surface area contributed by atoms with Crippen molar-refractivity contribution < 1.29 is 33.7 Å². The number of aliphatic hydroxyl groups excluding tert-OH is 1. The molecular weight excluding hydrogens is 531 g/mol. The number of carbonyl (C=O) groups excluding carboxylic acids is 3. The lowest BCUT2D eigenvalue weighted by molar-refractivity contribution is -0.141. The van der Waals surface area contributed by atoms with Crippen LogP contribution in [0, 0.1) is 11.7 Å². The molecule has 0 saturated heterocycles. The molecule has 0 aromatic heterocycles. The molecule has 4 rings (SSSR count). The largest absolute Gasteiger partial charge is 0.508 e. The Morgan fingerprint density at radius 1 is 1.02 bits per heavy atom. The quantitative estimate of drug-likeness (QED) is 0.375. The number of carbonyl (C=O) groups is 3. The first-order valence-corrected chi connectivity index (χ1v) is 14.0. The summed E-state index contributed by atoms with van der Waals surface area (Å²) in [6, 6.07) is 7.83. The van der Waals surface area contributed by atoms with E-state index in [0.29, 0.717) is 23.4 Å². The molecule has 1 aliphatic carbocycles. The molecule has 0 spiro atoms. The number of amides is 3. The Morgan fingerprint density at radius 3 is 2.41 bits per heavy atom. The van der Waals surface area contributed by atoms with Gasteiger partial charge in [-0.15, -0.1) is 0 Å². The molecule has 1 aliphatic heterocycles. The van der Waals surface area contributed by atoms with E-state index in [1.54, 1.807) is 20.0 Å². The van der Waals surface area contributed by atoms with E-state index in [1.807, 2.05) is 6.92 Å². The zero-order valence-electron chi connectivity index (χ0n) is 23.6. The van der Waals surface area contributed by atoms with Gasteiger partial charge < -0.3 is 35.8 Å². The number of nitrogens with one attached hydrogen (secondary N) is 3. The molecule has 1 saturated carbocycles. The summed E-state index contributed by atoms with van der Waals surface area (Å²) < 4.78 is 19.6. The van der Waals surface area contributed by atoms with Crippen LogP contribution in [0.5, 0.6) is 11.5 Å². The van der Waals surface area contributed by atoms with Crippen molar-refractivity contribution in [2.75, 3.05) is 20.1 Å². The second-order valence-electron chi connectivity index (χ2n) is 11.1. The van der Waals surface area contributed by atoms with E-state index >= 15 is 0 Å². The first-order valence-electron chi connectivity index (χ1n) is 14.0. The Hall–Kier alpha value is -3.70. The smallest absolute Gasteiger partial charge is 0.243 e. The number of phenols is 1. The molecule has 5 atom stereocenters. The molecule has 222 valence electrons. The van der Waals surface area contributed by atoms with Crippen molar-refractivity contribution in [3.05, 3.63) is 59.4 Å². The average molecular weight is 571 g/mol. The summed E-state index contributed by atoms with van der Waals surface area (Å²) in [5.41, 5.74) is 1.27. The highest BCUT2D eigenvalue weighted by Gasteiger charge is 2.39. The van der Waals surface area contributed by atoms with E-state index in [-0.39, 0.29) is 43.1 Å². The number of likely N-dealkylation sites (N-methyl/N-ethyl adjacent to an activating group) is 1. The Morgan fingerprint density at radius 2 is 1.73 bits per heavy atom. The predicted octanol–water partition coefficient (Wildman–Crippen LogP) is 1.27. The minimum atomic E-state index is -1.03. The lowest BCUT2D eigenvalue weighted by atomic mass is 10.0. The number of benzene rings is 2. The molecule has 5 N–H and O–H groups in total. The highest BCUT2D eigenvalue weighted by atomic mass is 19.1. The number of halogens is 1. The molecule has 1 fully saturated rings. The van der Waals surface area contributed by atoms with Crippen molar-refractivity contribution in [2.45, 2.75) is 69.9 Å². The molecule has 2 aliphatic rings. The van der Waals surface area contributed by atoms with Gasteiger partial charge in [-0.1, -0.05) is 18.2 Å². The van der Waals surface area contributed by atoms with E-state index in [9.17, 15) is 29.0 Å². The van der Waals surface area contributed by atoms with Crippen LogP contribution >= 0.6 is 0 Å². The van der Waals surface area contributed by atoms with Gasteiger partial charge in [0.05, 0.1) is 12.1 Å². The number of fused-ring (bicyclic) bond motifs is 1. The third-order valence-electron chi connectivity index (χ3n) is 7.63. The van der Waals surface area contributed by atoms with Gasteiger partial charge in [0.15, 0.2) is 0 Å². The molecule has 1 heterocycles. The lowest BCUT2D eigenvalue weighted by Crippen LogP contribution is -2.57. The van der Waals surface area contributed by atoms with Crippen molar-refractivity contribution >= 4 is 17.7 Å². The summed E-state index contributed by atoms with van der Waals surface area (Å²) in [4.78, 5) is 41.4. The first-order chi connectivity index (χ1) is 19.5. The molecule has 2 aromatic rings.